The van der Waals surface area contributed by atoms with E-state index in [1.165, 1.54) is 55.8 Å². The summed E-state index contributed by atoms with van der Waals surface area (Å²) in [6, 6.07) is 7.17. The van der Waals surface area contributed by atoms with Crippen LogP contribution in [0.15, 0.2) is 40.1 Å². The standard InChI is InChI=1S/C17H18Cl2N2O5S2/c1-20(2)27(22,23)12-4-5-13-11(10-12)8-9-21(13)28(24,25)15-7-6-14(26-3)16(18)17(15)19/h4-7,10H,8-9H2,1-3H3. The third kappa shape index (κ3) is 3.35. The van der Waals surface area contributed by atoms with Crippen LogP contribution in [0.2, 0.25) is 10.0 Å². The number of rotatable bonds is 5. The summed E-state index contributed by atoms with van der Waals surface area (Å²) >= 11 is 12.3. The lowest BCUT2D eigenvalue weighted by Crippen LogP contribution is -2.29. The Morgan fingerprint density at radius 2 is 1.71 bits per heavy atom. The number of benzene rings is 2. The third-order valence-corrected chi connectivity index (χ3v) is 9.13. The van der Waals surface area contributed by atoms with Gasteiger partial charge in [0.05, 0.1) is 22.7 Å². The predicted molar refractivity (Wildman–Crippen MR) is 109 cm³/mol. The fourth-order valence-corrected chi connectivity index (χ4v) is 6.23. The van der Waals surface area contributed by atoms with E-state index in [9.17, 15) is 16.8 Å². The molecule has 1 aliphatic heterocycles. The zero-order valence-corrected chi connectivity index (χ0v) is 18.5. The van der Waals surface area contributed by atoms with Crippen LogP contribution in [0, 0.1) is 0 Å². The van der Waals surface area contributed by atoms with Crippen LogP contribution in [0.5, 0.6) is 5.75 Å². The molecule has 11 heteroatoms. The monoisotopic (exact) mass is 464 g/mol. The Bertz CT molecular complexity index is 1150. The predicted octanol–water partition coefficient (Wildman–Crippen LogP) is 3.00. The lowest BCUT2D eigenvalue weighted by Gasteiger charge is -2.21. The van der Waals surface area contributed by atoms with Crippen molar-refractivity contribution >= 4 is 48.9 Å². The maximum atomic E-state index is 13.2. The molecular weight excluding hydrogens is 447 g/mol. The van der Waals surface area contributed by atoms with Gasteiger partial charge in [-0.3, -0.25) is 4.31 Å². The van der Waals surface area contributed by atoms with Crippen molar-refractivity contribution in [3.63, 3.8) is 0 Å². The number of fused-ring (bicyclic) bond motifs is 1. The Labute approximate surface area is 174 Å². The first-order valence-electron chi connectivity index (χ1n) is 8.12. The van der Waals surface area contributed by atoms with Crippen LogP contribution in [0.1, 0.15) is 5.56 Å². The lowest BCUT2D eigenvalue weighted by atomic mass is 10.2. The Kier molecular flexibility index (Phi) is 5.59. The van der Waals surface area contributed by atoms with E-state index in [4.69, 9.17) is 27.9 Å². The highest BCUT2D eigenvalue weighted by molar-refractivity contribution is 7.93. The normalized spacial score (nSPS) is 14.4. The largest absolute Gasteiger partial charge is 0.495 e. The number of sulfonamides is 2. The first kappa shape index (κ1) is 21.2. The minimum absolute atomic E-state index is 0.0112. The fourth-order valence-electron chi connectivity index (χ4n) is 2.96. The number of halogens is 2. The zero-order valence-electron chi connectivity index (χ0n) is 15.3. The van der Waals surface area contributed by atoms with Gasteiger partial charge in [-0.25, -0.2) is 21.1 Å². The molecule has 1 heterocycles. The van der Waals surface area contributed by atoms with Crippen LogP contribution in [0.3, 0.4) is 0 Å². The smallest absolute Gasteiger partial charge is 0.265 e. The Hall–Kier alpha value is -1.52. The quantitative estimate of drug-likeness (QED) is 0.678. The van der Waals surface area contributed by atoms with E-state index in [0.29, 0.717) is 17.7 Å². The van der Waals surface area contributed by atoms with Gasteiger partial charge in [0.15, 0.2) is 0 Å². The Balaban J connectivity index is 2.06. The number of ether oxygens (including phenoxy) is 1. The number of hydrogen-bond donors (Lipinski definition) is 0. The van der Waals surface area contributed by atoms with Crippen molar-refractivity contribution in [2.45, 2.75) is 16.2 Å². The number of nitrogens with zero attached hydrogens (tertiary/aromatic N) is 2. The summed E-state index contributed by atoms with van der Waals surface area (Å²) in [5, 5.41) is -0.113. The summed E-state index contributed by atoms with van der Waals surface area (Å²) in [6.07, 6.45) is 0.382. The maximum Gasteiger partial charge on any atom is 0.265 e. The van der Waals surface area contributed by atoms with Crippen LogP contribution < -0.4 is 9.04 Å². The Morgan fingerprint density at radius 1 is 1.04 bits per heavy atom. The van der Waals surface area contributed by atoms with Crippen molar-refractivity contribution in [2.75, 3.05) is 32.1 Å². The van der Waals surface area contributed by atoms with E-state index in [0.717, 1.165) is 4.31 Å². The van der Waals surface area contributed by atoms with Crippen molar-refractivity contribution in [1.29, 1.82) is 0 Å². The number of anilines is 1. The highest BCUT2D eigenvalue weighted by atomic mass is 35.5. The molecule has 0 radical (unpaired) electrons. The van der Waals surface area contributed by atoms with Gasteiger partial charge in [-0.15, -0.1) is 0 Å². The summed E-state index contributed by atoms with van der Waals surface area (Å²) in [5.41, 5.74) is 1.04. The molecule has 0 amide bonds. The zero-order chi connectivity index (χ0) is 20.9. The van der Waals surface area contributed by atoms with Crippen LogP contribution in [0.4, 0.5) is 5.69 Å². The van der Waals surface area contributed by atoms with E-state index in [-0.39, 0.29) is 32.1 Å². The molecule has 0 N–H and O–H groups in total. The van der Waals surface area contributed by atoms with Gasteiger partial charge in [0, 0.05) is 20.6 Å². The first-order chi connectivity index (χ1) is 13.0. The van der Waals surface area contributed by atoms with Gasteiger partial charge < -0.3 is 4.74 Å². The SMILES string of the molecule is COc1ccc(S(=O)(=O)N2CCc3cc(S(=O)(=O)N(C)C)ccc32)c(Cl)c1Cl. The summed E-state index contributed by atoms with van der Waals surface area (Å²) in [4.78, 5) is -0.0289. The summed E-state index contributed by atoms with van der Waals surface area (Å²) in [6.45, 7) is 0.170. The van der Waals surface area contributed by atoms with Crippen LogP contribution in [0.25, 0.3) is 0 Å². The summed E-state index contributed by atoms with van der Waals surface area (Å²) < 4.78 is 58.4. The van der Waals surface area contributed by atoms with E-state index < -0.39 is 20.0 Å². The van der Waals surface area contributed by atoms with E-state index in [1.807, 2.05) is 0 Å². The molecule has 2 aromatic carbocycles. The highest BCUT2D eigenvalue weighted by Crippen LogP contribution is 2.41. The second-order valence-electron chi connectivity index (χ2n) is 6.30. The molecule has 0 saturated heterocycles. The van der Waals surface area contributed by atoms with Gasteiger partial charge in [0.1, 0.15) is 15.7 Å². The summed E-state index contributed by atoms with van der Waals surface area (Å²) in [5.74, 6) is 0.269. The average molecular weight is 465 g/mol. The highest BCUT2D eigenvalue weighted by Gasteiger charge is 2.34. The van der Waals surface area contributed by atoms with Gasteiger partial charge >= 0.3 is 0 Å². The van der Waals surface area contributed by atoms with Crippen LogP contribution in [-0.2, 0) is 26.5 Å². The van der Waals surface area contributed by atoms with Gasteiger partial charge in [0.25, 0.3) is 10.0 Å². The molecule has 3 rings (SSSR count). The molecule has 0 aliphatic carbocycles. The van der Waals surface area contributed by atoms with E-state index >= 15 is 0 Å². The second-order valence-corrected chi connectivity index (χ2v) is 11.0. The number of methoxy groups -OCH3 is 1. The molecule has 0 bridgehead atoms. The molecule has 1 aliphatic rings. The van der Waals surface area contributed by atoms with Crippen molar-refractivity contribution < 1.29 is 21.6 Å². The molecule has 28 heavy (non-hydrogen) atoms. The molecule has 152 valence electrons. The van der Waals surface area contributed by atoms with Gasteiger partial charge in [0.2, 0.25) is 10.0 Å². The third-order valence-electron chi connectivity index (χ3n) is 4.48. The molecule has 0 spiro atoms. The molecule has 0 unspecified atom stereocenters. The molecule has 7 nitrogen and oxygen atoms in total. The second kappa shape index (κ2) is 7.38. The fraction of sp³-hybridized carbons (Fsp3) is 0.294. The van der Waals surface area contributed by atoms with E-state index in [2.05, 4.69) is 0 Å². The minimum atomic E-state index is -3.99. The Morgan fingerprint density at radius 3 is 2.32 bits per heavy atom. The van der Waals surface area contributed by atoms with Gasteiger partial charge in [-0.1, -0.05) is 23.2 Å². The van der Waals surface area contributed by atoms with E-state index in [1.54, 1.807) is 0 Å². The van der Waals surface area contributed by atoms with Crippen LogP contribution >= 0.6 is 23.2 Å². The van der Waals surface area contributed by atoms with Crippen molar-refractivity contribution in [2.24, 2.45) is 0 Å². The maximum absolute atomic E-state index is 13.2. The molecule has 0 aromatic heterocycles. The van der Waals surface area contributed by atoms with Gasteiger partial charge in [-0.05, 0) is 42.3 Å². The van der Waals surface area contributed by atoms with Crippen molar-refractivity contribution in [3.8, 4) is 5.75 Å². The van der Waals surface area contributed by atoms with Crippen LogP contribution in [-0.4, -0.2) is 48.9 Å². The topological polar surface area (TPSA) is 84.0 Å². The average Bonchev–Trinajstić information content (AvgIpc) is 3.07. The van der Waals surface area contributed by atoms with Crippen molar-refractivity contribution in [3.05, 3.63) is 45.9 Å². The first-order valence-corrected chi connectivity index (χ1v) is 11.8. The minimum Gasteiger partial charge on any atom is -0.495 e. The lowest BCUT2D eigenvalue weighted by molar-refractivity contribution is 0.414. The molecule has 0 atom stereocenters. The summed E-state index contributed by atoms with van der Waals surface area (Å²) in [7, 11) is -3.32. The van der Waals surface area contributed by atoms with Gasteiger partial charge in [-0.2, -0.15) is 0 Å². The number of hydrogen-bond acceptors (Lipinski definition) is 5. The molecule has 0 fully saturated rings. The molecule has 2 aromatic rings. The van der Waals surface area contributed by atoms with Crippen molar-refractivity contribution in [1.82, 2.24) is 4.31 Å². The molecule has 0 saturated carbocycles. The molecular formula is C17H18Cl2N2O5S2.